The molecular weight excluding hydrogens is 257 g/mol. The molecule has 2 aromatic carbocycles. The Bertz CT molecular complexity index is 730. The van der Waals surface area contributed by atoms with Crippen LogP contribution in [0.25, 0.3) is 22.8 Å². The van der Waals surface area contributed by atoms with Crippen LogP contribution in [-0.2, 0) is 0 Å². The van der Waals surface area contributed by atoms with Crippen LogP contribution >= 0.6 is 0 Å². The van der Waals surface area contributed by atoms with E-state index in [1.807, 2.05) is 6.92 Å². The zero-order valence-electron chi connectivity index (χ0n) is 10.8. The molecule has 0 bridgehead atoms. The van der Waals surface area contributed by atoms with Gasteiger partial charge in [0.2, 0.25) is 5.82 Å². The highest BCUT2D eigenvalue weighted by Crippen LogP contribution is 2.24. The van der Waals surface area contributed by atoms with Crippen molar-refractivity contribution in [1.29, 1.82) is 0 Å². The first-order valence-electron chi connectivity index (χ1n) is 6.09. The molecule has 100 valence electrons. The summed E-state index contributed by atoms with van der Waals surface area (Å²) in [6.07, 6.45) is 0. The Labute approximate surface area is 115 Å². The van der Waals surface area contributed by atoms with Crippen molar-refractivity contribution in [3.05, 3.63) is 53.8 Å². The SMILES string of the molecule is Cc1cc(F)cc(-c2nc(-c3ccc(N)cc3)no2)c1. The lowest BCUT2D eigenvalue weighted by molar-refractivity contribution is 0.432. The van der Waals surface area contributed by atoms with E-state index >= 15 is 0 Å². The maximum atomic E-state index is 13.4. The molecule has 0 atom stereocenters. The molecule has 0 aliphatic rings. The first-order valence-corrected chi connectivity index (χ1v) is 6.09. The molecule has 5 heteroatoms. The van der Waals surface area contributed by atoms with E-state index in [0.29, 0.717) is 23.0 Å². The summed E-state index contributed by atoms with van der Waals surface area (Å²) in [5, 5.41) is 3.90. The lowest BCUT2D eigenvalue weighted by Crippen LogP contribution is -1.86. The number of nitrogens with two attached hydrogens (primary N) is 1. The van der Waals surface area contributed by atoms with Crippen LogP contribution in [0.2, 0.25) is 0 Å². The number of nitrogens with zero attached hydrogens (tertiary/aromatic N) is 2. The standard InChI is InChI=1S/C15H12FN3O/c1-9-6-11(8-12(16)7-9)15-18-14(19-20-15)10-2-4-13(17)5-3-10/h2-8H,17H2,1H3. The second-order valence-electron chi connectivity index (χ2n) is 4.56. The summed E-state index contributed by atoms with van der Waals surface area (Å²) in [6, 6.07) is 11.7. The van der Waals surface area contributed by atoms with Crippen molar-refractivity contribution in [3.63, 3.8) is 0 Å². The van der Waals surface area contributed by atoms with Crippen LogP contribution in [-0.4, -0.2) is 10.1 Å². The van der Waals surface area contributed by atoms with Gasteiger partial charge in [-0.2, -0.15) is 4.98 Å². The molecule has 0 spiro atoms. The quantitative estimate of drug-likeness (QED) is 0.724. The van der Waals surface area contributed by atoms with Gasteiger partial charge in [0.15, 0.2) is 0 Å². The number of anilines is 1. The maximum Gasteiger partial charge on any atom is 0.258 e. The highest BCUT2D eigenvalue weighted by molar-refractivity contribution is 5.62. The largest absolute Gasteiger partial charge is 0.399 e. The number of hydrogen-bond acceptors (Lipinski definition) is 4. The van der Waals surface area contributed by atoms with Crippen molar-refractivity contribution < 1.29 is 8.91 Å². The maximum absolute atomic E-state index is 13.4. The number of hydrogen-bond donors (Lipinski definition) is 1. The van der Waals surface area contributed by atoms with Crippen molar-refractivity contribution in [2.24, 2.45) is 0 Å². The van der Waals surface area contributed by atoms with Crippen LogP contribution in [0.1, 0.15) is 5.56 Å². The molecule has 0 unspecified atom stereocenters. The van der Waals surface area contributed by atoms with Gasteiger partial charge < -0.3 is 10.3 Å². The molecule has 20 heavy (non-hydrogen) atoms. The van der Waals surface area contributed by atoms with E-state index in [9.17, 15) is 4.39 Å². The Morgan fingerprint density at radius 2 is 1.80 bits per heavy atom. The zero-order chi connectivity index (χ0) is 14.1. The van der Waals surface area contributed by atoms with Gasteiger partial charge in [-0.15, -0.1) is 0 Å². The molecule has 0 fully saturated rings. The molecule has 0 aliphatic heterocycles. The Morgan fingerprint density at radius 1 is 1.05 bits per heavy atom. The van der Waals surface area contributed by atoms with Gasteiger partial charge in [0, 0.05) is 16.8 Å². The first-order chi connectivity index (χ1) is 9.61. The fourth-order valence-electron chi connectivity index (χ4n) is 1.95. The Balaban J connectivity index is 1.99. The highest BCUT2D eigenvalue weighted by Gasteiger charge is 2.11. The van der Waals surface area contributed by atoms with Crippen molar-refractivity contribution in [1.82, 2.24) is 10.1 Å². The summed E-state index contributed by atoms with van der Waals surface area (Å²) in [5.74, 6) is 0.411. The molecule has 0 amide bonds. The third-order valence-electron chi connectivity index (χ3n) is 2.88. The monoisotopic (exact) mass is 269 g/mol. The molecule has 0 saturated heterocycles. The fourth-order valence-corrected chi connectivity index (χ4v) is 1.95. The van der Waals surface area contributed by atoms with E-state index in [1.165, 1.54) is 12.1 Å². The van der Waals surface area contributed by atoms with Crippen LogP contribution in [0.5, 0.6) is 0 Å². The lowest BCUT2D eigenvalue weighted by atomic mass is 10.1. The average molecular weight is 269 g/mol. The normalized spacial score (nSPS) is 10.7. The number of halogens is 1. The summed E-state index contributed by atoms with van der Waals surface area (Å²) >= 11 is 0. The third kappa shape index (κ3) is 2.38. The third-order valence-corrected chi connectivity index (χ3v) is 2.88. The molecule has 4 nitrogen and oxygen atoms in total. The van der Waals surface area contributed by atoms with E-state index in [-0.39, 0.29) is 5.82 Å². The van der Waals surface area contributed by atoms with Crippen LogP contribution < -0.4 is 5.73 Å². The highest BCUT2D eigenvalue weighted by atomic mass is 19.1. The van der Waals surface area contributed by atoms with Crippen molar-refractivity contribution in [2.45, 2.75) is 6.92 Å². The van der Waals surface area contributed by atoms with Gasteiger partial charge in [-0.3, -0.25) is 0 Å². The summed E-state index contributed by atoms with van der Waals surface area (Å²) in [5.41, 5.74) is 8.45. The minimum atomic E-state index is -0.327. The van der Waals surface area contributed by atoms with E-state index in [2.05, 4.69) is 10.1 Å². The number of nitrogen functional groups attached to an aromatic ring is 1. The molecule has 0 radical (unpaired) electrons. The van der Waals surface area contributed by atoms with E-state index in [4.69, 9.17) is 10.3 Å². The number of aromatic nitrogens is 2. The zero-order valence-corrected chi connectivity index (χ0v) is 10.8. The lowest BCUT2D eigenvalue weighted by Gasteiger charge is -1.97. The fraction of sp³-hybridized carbons (Fsp3) is 0.0667. The smallest absolute Gasteiger partial charge is 0.258 e. The van der Waals surface area contributed by atoms with Crippen molar-refractivity contribution >= 4 is 5.69 Å². The van der Waals surface area contributed by atoms with Gasteiger partial charge in [0.05, 0.1) is 0 Å². The predicted octanol–water partition coefficient (Wildman–Crippen LogP) is 3.43. The second-order valence-corrected chi connectivity index (χ2v) is 4.56. The van der Waals surface area contributed by atoms with E-state index in [0.717, 1.165) is 11.1 Å². The molecule has 1 heterocycles. The van der Waals surface area contributed by atoms with Crippen molar-refractivity contribution in [3.8, 4) is 22.8 Å². The predicted molar refractivity (Wildman–Crippen MR) is 74.3 cm³/mol. The summed E-state index contributed by atoms with van der Waals surface area (Å²) < 4.78 is 18.6. The number of aryl methyl sites for hydroxylation is 1. The van der Waals surface area contributed by atoms with Gasteiger partial charge in [0.25, 0.3) is 5.89 Å². The van der Waals surface area contributed by atoms with E-state index in [1.54, 1.807) is 30.3 Å². The average Bonchev–Trinajstić information content (AvgIpc) is 2.88. The molecule has 3 aromatic rings. The second kappa shape index (κ2) is 4.77. The van der Waals surface area contributed by atoms with Gasteiger partial charge in [-0.05, 0) is 55.0 Å². The number of rotatable bonds is 2. The van der Waals surface area contributed by atoms with Gasteiger partial charge in [0.1, 0.15) is 5.82 Å². The molecule has 1 aromatic heterocycles. The molecule has 2 N–H and O–H groups in total. The van der Waals surface area contributed by atoms with Crippen LogP contribution in [0.3, 0.4) is 0 Å². The number of benzene rings is 2. The first kappa shape index (κ1) is 12.3. The molecule has 3 rings (SSSR count). The van der Waals surface area contributed by atoms with Crippen molar-refractivity contribution in [2.75, 3.05) is 5.73 Å². The van der Waals surface area contributed by atoms with Crippen LogP contribution in [0.4, 0.5) is 10.1 Å². The van der Waals surface area contributed by atoms with Gasteiger partial charge >= 0.3 is 0 Å². The van der Waals surface area contributed by atoms with Crippen LogP contribution in [0, 0.1) is 12.7 Å². The molecule has 0 aliphatic carbocycles. The summed E-state index contributed by atoms with van der Waals surface area (Å²) in [6.45, 7) is 1.81. The molecular formula is C15H12FN3O. The van der Waals surface area contributed by atoms with E-state index < -0.39 is 0 Å². The van der Waals surface area contributed by atoms with Gasteiger partial charge in [-0.1, -0.05) is 5.16 Å². The summed E-state index contributed by atoms with van der Waals surface area (Å²) in [4.78, 5) is 4.28. The Kier molecular flexibility index (Phi) is 2.95. The molecule has 0 saturated carbocycles. The minimum Gasteiger partial charge on any atom is -0.399 e. The van der Waals surface area contributed by atoms with Crippen LogP contribution in [0.15, 0.2) is 47.0 Å². The topological polar surface area (TPSA) is 64.9 Å². The van der Waals surface area contributed by atoms with Gasteiger partial charge in [-0.25, -0.2) is 4.39 Å². The Hall–Kier alpha value is -2.69. The Morgan fingerprint density at radius 3 is 2.50 bits per heavy atom. The summed E-state index contributed by atoms with van der Waals surface area (Å²) in [7, 11) is 0. The minimum absolute atomic E-state index is 0.291.